The number of anilines is 1. The number of aryl methyl sites for hydroxylation is 3. The van der Waals surface area contributed by atoms with Gasteiger partial charge in [0.2, 0.25) is 17.6 Å². The molecule has 166 valence electrons. The highest BCUT2D eigenvalue weighted by Gasteiger charge is 2.13. The van der Waals surface area contributed by atoms with Crippen LogP contribution in [0.5, 0.6) is 17.2 Å². The summed E-state index contributed by atoms with van der Waals surface area (Å²) in [6, 6.07) is 7.42. The molecule has 2 amide bonds. The molecule has 0 heterocycles. The Balaban J connectivity index is 1.91. The fourth-order valence-corrected chi connectivity index (χ4v) is 3.22. The van der Waals surface area contributed by atoms with Crippen LogP contribution in [0.15, 0.2) is 29.4 Å². The molecule has 2 aromatic rings. The van der Waals surface area contributed by atoms with Crippen LogP contribution in [0.25, 0.3) is 0 Å². The predicted octanol–water partition coefficient (Wildman–Crippen LogP) is 3.51. The van der Waals surface area contributed by atoms with Gasteiger partial charge in [-0.15, -0.1) is 0 Å². The number of carbonyl (C=O) groups is 2. The van der Waals surface area contributed by atoms with Crippen LogP contribution in [0.1, 0.15) is 35.1 Å². The van der Waals surface area contributed by atoms with E-state index in [0.717, 1.165) is 22.4 Å². The second kappa shape index (κ2) is 11.0. The van der Waals surface area contributed by atoms with Crippen LogP contribution in [0.4, 0.5) is 5.69 Å². The zero-order chi connectivity index (χ0) is 23.0. The highest BCUT2D eigenvalue weighted by Crippen LogP contribution is 2.37. The Kier molecular flexibility index (Phi) is 8.43. The summed E-state index contributed by atoms with van der Waals surface area (Å²) in [6.07, 6.45) is 1.53. The van der Waals surface area contributed by atoms with Crippen molar-refractivity contribution >= 4 is 23.7 Å². The number of hydrogen-bond donors (Lipinski definition) is 2. The normalized spacial score (nSPS) is 10.6. The third-order valence-electron chi connectivity index (χ3n) is 4.61. The van der Waals surface area contributed by atoms with E-state index in [1.54, 1.807) is 12.1 Å². The van der Waals surface area contributed by atoms with Crippen molar-refractivity contribution in [2.75, 3.05) is 26.6 Å². The largest absolute Gasteiger partial charge is 0.493 e. The molecule has 0 aliphatic carbocycles. The summed E-state index contributed by atoms with van der Waals surface area (Å²) < 4.78 is 15.8. The molecule has 8 nitrogen and oxygen atoms in total. The standard InChI is InChI=1S/C23H29N3O5/c1-14-9-15(2)22(16(3)10-14)25-20(27)7-8-21(28)26-24-13-17-11-18(29-4)23(31-6)19(12-17)30-5/h9-13H,7-8H2,1-6H3,(H,25,27)(H,26,28)/b24-13+. The first-order valence-electron chi connectivity index (χ1n) is 9.78. The second-order valence-corrected chi connectivity index (χ2v) is 7.07. The maximum absolute atomic E-state index is 12.2. The molecule has 0 bridgehead atoms. The van der Waals surface area contributed by atoms with Crippen molar-refractivity contribution in [1.29, 1.82) is 0 Å². The van der Waals surface area contributed by atoms with E-state index in [0.29, 0.717) is 22.8 Å². The van der Waals surface area contributed by atoms with Crippen molar-refractivity contribution in [3.63, 3.8) is 0 Å². The molecule has 0 radical (unpaired) electrons. The Labute approximate surface area is 182 Å². The van der Waals surface area contributed by atoms with Gasteiger partial charge in [-0.25, -0.2) is 5.43 Å². The number of nitrogens with one attached hydrogen (secondary N) is 2. The first-order chi connectivity index (χ1) is 14.8. The van der Waals surface area contributed by atoms with E-state index in [4.69, 9.17) is 14.2 Å². The van der Waals surface area contributed by atoms with Crippen LogP contribution in [0, 0.1) is 20.8 Å². The van der Waals surface area contributed by atoms with E-state index < -0.39 is 0 Å². The van der Waals surface area contributed by atoms with Crippen LogP contribution in [0.2, 0.25) is 0 Å². The fraction of sp³-hybridized carbons (Fsp3) is 0.348. The van der Waals surface area contributed by atoms with E-state index >= 15 is 0 Å². The smallest absolute Gasteiger partial charge is 0.240 e. The SMILES string of the molecule is COc1cc(/C=N/NC(=O)CCC(=O)Nc2c(C)cc(C)cc2C)cc(OC)c1OC. The van der Waals surface area contributed by atoms with Crippen LogP contribution >= 0.6 is 0 Å². The summed E-state index contributed by atoms with van der Waals surface area (Å²) >= 11 is 0. The Morgan fingerprint density at radius 3 is 1.94 bits per heavy atom. The number of nitrogens with zero attached hydrogens (tertiary/aromatic N) is 1. The number of carbonyl (C=O) groups excluding carboxylic acids is 2. The minimum atomic E-state index is -0.365. The Morgan fingerprint density at radius 1 is 0.871 bits per heavy atom. The first kappa shape index (κ1) is 23.7. The highest BCUT2D eigenvalue weighted by atomic mass is 16.5. The summed E-state index contributed by atoms with van der Waals surface area (Å²) in [7, 11) is 4.56. The average Bonchev–Trinajstić information content (AvgIpc) is 2.73. The van der Waals surface area contributed by atoms with Crippen molar-refractivity contribution in [3.8, 4) is 17.2 Å². The predicted molar refractivity (Wildman–Crippen MR) is 120 cm³/mol. The Morgan fingerprint density at radius 2 is 1.42 bits per heavy atom. The van der Waals surface area contributed by atoms with Crippen molar-refractivity contribution in [3.05, 3.63) is 46.5 Å². The molecule has 0 fully saturated rings. The first-order valence-corrected chi connectivity index (χ1v) is 9.78. The summed E-state index contributed by atoms with van der Waals surface area (Å²) in [5.74, 6) is 0.840. The lowest BCUT2D eigenvalue weighted by molar-refractivity contribution is -0.124. The van der Waals surface area contributed by atoms with Crippen LogP contribution < -0.4 is 25.0 Å². The van der Waals surface area contributed by atoms with E-state index in [2.05, 4.69) is 15.8 Å². The third kappa shape index (κ3) is 6.47. The van der Waals surface area contributed by atoms with E-state index in [1.807, 2.05) is 32.9 Å². The summed E-state index contributed by atoms with van der Waals surface area (Å²) in [5.41, 5.74) is 6.98. The van der Waals surface area contributed by atoms with Gasteiger partial charge in [0, 0.05) is 24.1 Å². The molecule has 0 atom stereocenters. The molecule has 8 heteroatoms. The van der Waals surface area contributed by atoms with Gasteiger partial charge in [-0.1, -0.05) is 17.7 Å². The summed E-state index contributed by atoms with van der Waals surface area (Å²) in [6.45, 7) is 5.90. The zero-order valence-corrected chi connectivity index (χ0v) is 18.8. The monoisotopic (exact) mass is 427 g/mol. The van der Waals surface area contributed by atoms with Crippen molar-refractivity contribution in [2.24, 2.45) is 5.10 Å². The van der Waals surface area contributed by atoms with Gasteiger partial charge in [0.05, 0.1) is 27.5 Å². The quantitative estimate of drug-likeness (QED) is 0.471. The molecule has 0 aliphatic rings. The van der Waals surface area contributed by atoms with Gasteiger partial charge in [-0.3, -0.25) is 9.59 Å². The molecule has 0 spiro atoms. The van der Waals surface area contributed by atoms with Crippen molar-refractivity contribution in [2.45, 2.75) is 33.6 Å². The molecule has 0 saturated heterocycles. The van der Waals surface area contributed by atoms with Crippen LogP contribution in [-0.2, 0) is 9.59 Å². The van der Waals surface area contributed by atoms with Gasteiger partial charge in [0.25, 0.3) is 0 Å². The summed E-state index contributed by atoms with van der Waals surface area (Å²) in [4.78, 5) is 24.3. The average molecular weight is 428 g/mol. The molecule has 2 rings (SSSR count). The molecule has 0 aromatic heterocycles. The molecule has 0 saturated carbocycles. The van der Waals surface area contributed by atoms with Gasteiger partial charge in [-0.2, -0.15) is 5.10 Å². The van der Waals surface area contributed by atoms with Gasteiger partial charge >= 0.3 is 0 Å². The summed E-state index contributed by atoms with van der Waals surface area (Å²) in [5, 5.41) is 6.82. The molecular formula is C23H29N3O5. The Hall–Kier alpha value is -3.55. The lowest BCUT2D eigenvalue weighted by atomic mass is 10.0. The van der Waals surface area contributed by atoms with Crippen molar-refractivity contribution < 1.29 is 23.8 Å². The molecule has 31 heavy (non-hydrogen) atoms. The molecular weight excluding hydrogens is 398 g/mol. The minimum absolute atomic E-state index is 0.0163. The topological polar surface area (TPSA) is 98.2 Å². The molecule has 2 aromatic carbocycles. The van der Waals surface area contributed by atoms with Gasteiger partial charge in [-0.05, 0) is 44.0 Å². The zero-order valence-electron chi connectivity index (χ0n) is 18.8. The fourth-order valence-electron chi connectivity index (χ4n) is 3.22. The van der Waals surface area contributed by atoms with E-state index in [-0.39, 0.29) is 24.7 Å². The van der Waals surface area contributed by atoms with Gasteiger partial charge < -0.3 is 19.5 Å². The van der Waals surface area contributed by atoms with Crippen molar-refractivity contribution in [1.82, 2.24) is 5.43 Å². The van der Waals surface area contributed by atoms with E-state index in [9.17, 15) is 9.59 Å². The number of methoxy groups -OCH3 is 3. The number of hydrazone groups is 1. The maximum atomic E-state index is 12.2. The van der Waals surface area contributed by atoms with Crippen LogP contribution in [0.3, 0.4) is 0 Å². The molecule has 0 aliphatic heterocycles. The highest BCUT2D eigenvalue weighted by molar-refractivity contribution is 5.94. The van der Waals surface area contributed by atoms with Gasteiger partial charge in [0.1, 0.15) is 0 Å². The lowest BCUT2D eigenvalue weighted by Crippen LogP contribution is -2.21. The molecule has 0 unspecified atom stereocenters. The van der Waals surface area contributed by atoms with Gasteiger partial charge in [0.15, 0.2) is 11.5 Å². The molecule has 2 N–H and O–H groups in total. The number of hydrogen-bond acceptors (Lipinski definition) is 6. The van der Waals surface area contributed by atoms with E-state index in [1.165, 1.54) is 27.5 Å². The third-order valence-corrected chi connectivity index (χ3v) is 4.61. The lowest BCUT2D eigenvalue weighted by Gasteiger charge is -2.13. The number of benzene rings is 2. The number of rotatable bonds is 9. The second-order valence-electron chi connectivity index (χ2n) is 7.07. The Bertz CT molecular complexity index is 937. The number of ether oxygens (including phenoxy) is 3. The number of amides is 2. The minimum Gasteiger partial charge on any atom is -0.493 e. The maximum Gasteiger partial charge on any atom is 0.240 e. The van der Waals surface area contributed by atoms with Crippen LogP contribution in [-0.4, -0.2) is 39.4 Å².